The number of nitrogens with zero attached hydrogens (tertiary/aromatic N) is 3. The van der Waals surface area contributed by atoms with E-state index in [9.17, 15) is 8.42 Å². The van der Waals surface area contributed by atoms with Gasteiger partial charge in [0.2, 0.25) is 10.0 Å². The zero-order chi connectivity index (χ0) is 17.7. The van der Waals surface area contributed by atoms with Crippen molar-refractivity contribution in [1.29, 1.82) is 0 Å². The fraction of sp³-hybridized carbons (Fsp3) is 0.375. The van der Waals surface area contributed by atoms with Crippen LogP contribution in [0.5, 0.6) is 0 Å². The van der Waals surface area contributed by atoms with Crippen LogP contribution in [0.1, 0.15) is 17.0 Å². The van der Waals surface area contributed by atoms with Gasteiger partial charge < -0.3 is 10.4 Å². The van der Waals surface area contributed by atoms with Crippen molar-refractivity contribution < 1.29 is 13.5 Å². The Kier molecular flexibility index (Phi) is 5.87. The first-order valence-corrected chi connectivity index (χ1v) is 8.99. The van der Waals surface area contributed by atoms with Crippen molar-refractivity contribution in [1.82, 2.24) is 14.3 Å². The normalized spacial score (nSPS) is 11.7. The summed E-state index contributed by atoms with van der Waals surface area (Å²) in [5.74, 6) is 0.630. The van der Waals surface area contributed by atoms with Gasteiger partial charge in [-0.15, -0.1) is 0 Å². The van der Waals surface area contributed by atoms with E-state index in [1.165, 1.54) is 7.05 Å². The summed E-state index contributed by atoms with van der Waals surface area (Å²) < 4.78 is 26.4. The number of likely N-dealkylation sites (N-methyl/N-ethyl adjacent to an activating group) is 1. The number of aromatic nitrogens is 2. The van der Waals surface area contributed by atoms with E-state index in [4.69, 9.17) is 5.11 Å². The topological polar surface area (TPSA) is 95.4 Å². The maximum Gasteiger partial charge on any atom is 0.243 e. The highest BCUT2D eigenvalue weighted by atomic mass is 32.2. The first-order valence-electron chi connectivity index (χ1n) is 7.55. The van der Waals surface area contributed by atoms with Crippen LogP contribution in [0.3, 0.4) is 0 Å². The van der Waals surface area contributed by atoms with Crippen LogP contribution < -0.4 is 5.32 Å². The molecule has 0 bridgehead atoms. The number of aryl methyl sites for hydroxylation is 2. The molecule has 8 heteroatoms. The molecular weight excluding hydrogens is 328 g/mol. The van der Waals surface area contributed by atoms with E-state index in [1.54, 1.807) is 30.5 Å². The van der Waals surface area contributed by atoms with Crippen LogP contribution in [0.25, 0.3) is 0 Å². The molecule has 2 aromatic rings. The van der Waals surface area contributed by atoms with Crippen LogP contribution in [0.2, 0.25) is 0 Å². The van der Waals surface area contributed by atoms with Gasteiger partial charge in [-0.05, 0) is 25.5 Å². The van der Waals surface area contributed by atoms with Gasteiger partial charge in [0.25, 0.3) is 0 Å². The van der Waals surface area contributed by atoms with Gasteiger partial charge in [-0.1, -0.05) is 18.2 Å². The molecule has 0 saturated heterocycles. The Hall–Kier alpha value is -2.03. The lowest BCUT2D eigenvalue weighted by Gasteiger charge is -2.19. The zero-order valence-corrected chi connectivity index (χ0v) is 14.8. The van der Waals surface area contributed by atoms with Gasteiger partial charge in [0, 0.05) is 26.3 Å². The number of sulfonamides is 1. The summed E-state index contributed by atoms with van der Waals surface area (Å²) in [6.07, 6.45) is 1.68. The molecule has 0 aliphatic rings. The molecule has 1 heterocycles. The lowest BCUT2D eigenvalue weighted by atomic mass is 10.2. The molecular formula is C16H22N4O3S. The Morgan fingerprint density at radius 1 is 1.25 bits per heavy atom. The van der Waals surface area contributed by atoms with Crippen LogP contribution in [-0.4, -0.2) is 48.0 Å². The third kappa shape index (κ3) is 4.08. The van der Waals surface area contributed by atoms with E-state index in [-0.39, 0.29) is 18.0 Å². The number of aliphatic hydroxyl groups is 1. The Balaban J connectivity index is 2.28. The minimum Gasteiger partial charge on any atom is -0.395 e. The summed E-state index contributed by atoms with van der Waals surface area (Å²) in [6, 6.07) is 6.79. The molecule has 0 aliphatic carbocycles. The molecule has 24 heavy (non-hydrogen) atoms. The number of hydrogen-bond acceptors (Lipinski definition) is 6. The molecule has 0 radical (unpaired) electrons. The standard InChI is InChI=1S/C16H22N4O3S/c1-12-10-17-13(2)16(19-12)18-11-14-6-4-5-7-15(14)24(22,23)20(3)8-9-21/h4-7,10,21H,8-9,11H2,1-3H3,(H,18,19). The lowest BCUT2D eigenvalue weighted by molar-refractivity contribution is 0.266. The van der Waals surface area contributed by atoms with Gasteiger partial charge >= 0.3 is 0 Å². The molecule has 0 aliphatic heterocycles. The van der Waals surface area contributed by atoms with E-state index in [1.807, 2.05) is 13.8 Å². The molecule has 0 spiro atoms. The zero-order valence-electron chi connectivity index (χ0n) is 14.0. The number of benzene rings is 1. The predicted molar refractivity (Wildman–Crippen MR) is 92.2 cm³/mol. The van der Waals surface area contributed by atoms with Crippen molar-refractivity contribution in [3.63, 3.8) is 0 Å². The molecule has 0 unspecified atom stereocenters. The first kappa shape index (κ1) is 18.3. The molecule has 0 saturated carbocycles. The minimum absolute atomic E-state index is 0.0482. The fourth-order valence-electron chi connectivity index (χ4n) is 2.21. The molecule has 2 N–H and O–H groups in total. The molecule has 1 aromatic heterocycles. The van der Waals surface area contributed by atoms with Crippen LogP contribution in [-0.2, 0) is 16.6 Å². The molecule has 1 aromatic carbocycles. The minimum atomic E-state index is -3.66. The van der Waals surface area contributed by atoms with Crippen molar-refractivity contribution in [2.45, 2.75) is 25.3 Å². The largest absolute Gasteiger partial charge is 0.395 e. The van der Waals surface area contributed by atoms with Crippen molar-refractivity contribution >= 4 is 15.8 Å². The molecule has 130 valence electrons. The molecule has 0 fully saturated rings. The second-order valence-corrected chi connectivity index (χ2v) is 7.47. The van der Waals surface area contributed by atoms with Crippen LogP contribution >= 0.6 is 0 Å². The molecule has 0 amide bonds. The highest BCUT2D eigenvalue weighted by Crippen LogP contribution is 2.20. The van der Waals surface area contributed by atoms with Crippen LogP contribution in [0.4, 0.5) is 5.82 Å². The van der Waals surface area contributed by atoms with Gasteiger partial charge in [0.1, 0.15) is 5.82 Å². The summed E-state index contributed by atoms with van der Waals surface area (Å²) in [4.78, 5) is 8.83. The van der Waals surface area contributed by atoms with Crippen LogP contribution in [0.15, 0.2) is 35.4 Å². The number of aliphatic hydroxyl groups excluding tert-OH is 1. The van der Waals surface area contributed by atoms with Gasteiger partial charge in [0.15, 0.2) is 0 Å². The van der Waals surface area contributed by atoms with Crippen molar-refractivity contribution in [2.24, 2.45) is 0 Å². The number of anilines is 1. The SMILES string of the molecule is Cc1cnc(C)c(NCc2ccccc2S(=O)(=O)N(C)CCO)n1. The average Bonchev–Trinajstić information content (AvgIpc) is 2.56. The van der Waals surface area contributed by atoms with Crippen molar-refractivity contribution in [3.05, 3.63) is 47.4 Å². The maximum absolute atomic E-state index is 12.6. The summed E-state index contributed by atoms with van der Waals surface area (Å²) in [5, 5.41) is 12.1. The smallest absolute Gasteiger partial charge is 0.243 e. The predicted octanol–water partition coefficient (Wildman–Crippen LogP) is 1.32. The lowest BCUT2D eigenvalue weighted by Crippen LogP contribution is -2.30. The molecule has 0 atom stereocenters. The maximum atomic E-state index is 12.6. The Morgan fingerprint density at radius 3 is 2.67 bits per heavy atom. The highest BCUT2D eigenvalue weighted by Gasteiger charge is 2.23. The van der Waals surface area contributed by atoms with E-state index >= 15 is 0 Å². The Morgan fingerprint density at radius 2 is 1.96 bits per heavy atom. The first-order chi connectivity index (χ1) is 11.4. The van der Waals surface area contributed by atoms with E-state index in [2.05, 4.69) is 15.3 Å². The quantitative estimate of drug-likeness (QED) is 0.782. The second-order valence-electron chi connectivity index (χ2n) is 5.46. The summed E-state index contributed by atoms with van der Waals surface area (Å²) in [7, 11) is -2.21. The van der Waals surface area contributed by atoms with Crippen molar-refractivity contribution in [2.75, 3.05) is 25.5 Å². The van der Waals surface area contributed by atoms with E-state index in [0.717, 1.165) is 15.7 Å². The van der Waals surface area contributed by atoms with Crippen molar-refractivity contribution in [3.8, 4) is 0 Å². The third-order valence-corrected chi connectivity index (χ3v) is 5.56. The average molecular weight is 350 g/mol. The monoisotopic (exact) mass is 350 g/mol. The van der Waals surface area contributed by atoms with Crippen LogP contribution in [0, 0.1) is 13.8 Å². The Bertz CT molecular complexity index is 809. The van der Waals surface area contributed by atoms with Gasteiger partial charge in [-0.25, -0.2) is 13.4 Å². The Labute approximate surface area is 142 Å². The molecule has 2 rings (SSSR count). The van der Waals surface area contributed by atoms with Gasteiger partial charge in [-0.2, -0.15) is 4.31 Å². The number of hydrogen-bond donors (Lipinski definition) is 2. The number of nitrogens with one attached hydrogen (secondary N) is 1. The fourth-order valence-corrected chi connectivity index (χ4v) is 3.59. The second kappa shape index (κ2) is 7.69. The van der Waals surface area contributed by atoms with Gasteiger partial charge in [0.05, 0.1) is 22.9 Å². The molecule has 7 nitrogen and oxygen atoms in total. The van der Waals surface area contributed by atoms with E-state index in [0.29, 0.717) is 17.9 Å². The number of rotatable bonds is 7. The summed E-state index contributed by atoms with van der Waals surface area (Å²) in [6.45, 7) is 3.81. The highest BCUT2D eigenvalue weighted by molar-refractivity contribution is 7.89. The van der Waals surface area contributed by atoms with Gasteiger partial charge in [-0.3, -0.25) is 4.98 Å². The summed E-state index contributed by atoms with van der Waals surface area (Å²) in [5.41, 5.74) is 2.16. The van der Waals surface area contributed by atoms with E-state index < -0.39 is 10.0 Å². The third-order valence-electron chi connectivity index (χ3n) is 3.60. The summed E-state index contributed by atoms with van der Waals surface area (Å²) >= 11 is 0.